The Morgan fingerprint density at radius 2 is 1.90 bits per heavy atom. The van der Waals surface area contributed by atoms with Crippen molar-refractivity contribution in [3.63, 3.8) is 0 Å². The number of nitrogens with zero attached hydrogens (tertiary/aromatic N) is 2. The molecular formula is C24H24N4O3. The lowest BCUT2D eigenvalue weighted by atomic mass is 9.93. The molecule has 2 amide bonds. The first-order valence-corrected chi connectivity index (χ1v) is 10.3. The van der Waals surface area contributed by atoms with Crippen LogP contribution >= 0.6 is 0 Å². The molecule has 2 aromatic heterocycles. The van der Waals surface area contributed by atoms with Crippen LogP contribution in [-0.2, 0) is 17.6 Å². The summed E-state index contributed by atoms with van der Waals surface area (Å²) < 4.78 is 5.91. The summed E-state index contributed by atoms with van der Waals surface area (Å²) in [6.07, 6.45) is 4.16. The van der Waals surface area contributed by atoms with Crippen LogP contribution in [0.5, 0.6) is 0 Å². The van der Waals surface area contributed by atoms with Crippen LogP contribution in [0.2, 0.25) is 0 Å². The molecule has 1 aromatic carbocycles. The van der Waals surface area contributed by atoms with Crippen LogP contribution in [0.15, 0.2) is 58.2 Å². The van der Waals surface area contributed by atoms with Crippen LogP contribution in [0.25, 0.3) is 0 Å². The minimum atomic E-state index is -0.346. The smallest absolute Gasteiger partial charge is 0.292 e. The molecule has 7 heteroatoms. The van der Waals surface area contributed by atoms with Gasteiger partial charge in [-0.1, -0.05) is 36.4 Å². The minimum Gasteiger partial charge on any atom is -0.455 e. The minimum absolute atomic E-state index is 0.185. The number of hydrazone groups is 1. The zero-order valence-electron chi connectivity index (χ0n) is 17.6. The van der Waals surface area contributed by atoms with Gasteiger partial charge in [0, 0.05) is 23.7 Å². The second kappa shape index (κ2) is 8.95. The molecule has 0 saturated carbocycles. The van der Waals surface area contributed by atoms with Crippen LogP contribution in [0.1, 0.15) is 51.4 Å². The number of nitrogens with one attached hydrogen (secondary N) is 2. The van der Waals surface area contributed by atoms with Crippen LogP contribution in [0.4, 0.5) is 5.82 Å². The molecule has 0 fully saturated rings. The van der Waals surface area contributed by atoms with Gasteiger partial charge >= 0.3 is 0 Å². The number of hydrogen-bond acceptors (Lipinski definition) is 5. The van der Waals surface area contributed by atoms with Gasteiger partial charge in [-0.2, -0.15) is 5.10 Å². The number of aryl methyl sites for hydroxylation is 2. The Hall–Kier alpha value is -3.74. The lowest BCUT2D eigenvalue weighted by molar-refractivity contribution is -0.120. The van der Waals surface area contributed by atoms with Gasteiger partial charge in [0.1, 0.15) is 11.6 Å². The molecule has 1 aliphatic rings. The number of furan rings is 1. The average Bonchev–Trinajstić information content (AvgIpc) is 3.12. The van der Waals surface area contributed by atoms with Gasteiger partial charge in [0.05, 0.1) is 12.1 Å². The van der Waals surface area contributed by atoms with Gasteiger partial charge in [0.2, 0.25) is 5.91 Å². The number of carbonyl (C=O) groups is 2. The van der Waals surface area contributed by atoms with Crippen molar-refractivity contribution in [3.05, 3.63) is 82.4 Å². The molecule has 2 N–H and O–H groups in total. The third-order valence-corrected chi connectivity index (χ3v) is 5.30. The van der Waals surface area contributed by atoms with E-state index in [1.54, 1.807) is 6.20 Å². The van der Waals surface area contributed by atoms with E-state index in [-0.39, 0.29) is 24.0 Å². The second-order valence-corrected chi connectivity index (χ2v) is 7.59. The van der Waals surface area contributed by atoms with E-state index in [9.17, 15) is 9.59 Å². The molecule has 2 heterocycles. The van der Waals surface area contributed by atoms with Gasteiger partial charge < -0.3 is 9.73 Å². The van der Waals surface area contributed by atoms with Gasteiger partial charge in [0.15, 0.2) is 5.76 Å². The Labute approximate surface area is 180 Å². The topological polar surface area (TPSA) is 96.6 Å². The molecule has 0 bridgehead atoms. The summed E-state index contributed by atoms with van der Waals surface area (Å²) in [6.45, 7) is 3.72. The predicted molar refractivity (Wildman–Crippen MR) is 118 cm³/mol. The molecule has 0 saturated heterocycles. The zero-order valence-corrected chi connectivity index (χ0v) is 17.6. The maximum absolute atomic E-state index is 12.8. The maximum atomic E-state index is 12.8. The monoisotopic (exact) mass is 416 g/mol. The molecular weight excluding hydrogens is 392 g/mol. The van der Waals surface area contributed by atoms with Gasteiger partial charge in [-0.05, 0) is 43.9 Å². The van der Waals surface area contributed by atoms with Crippen molar-refractivity contribution >= 4 is 23.3 Å². The van der Waals surface area contributed by atoms with Gasteiger partial charge in [-0.3, -0.25) is 9.59 Å². The first-order chi connectivity index (χ1) is 15.0. The van der Waals surface area contributed by atoms with Crippen molar-refractivity contribution in [2.45, 2.75) is 39.5 Å². The molecule has 4 rings (SSSR count). The highest BCUT2D eigenvalue weighted by Crippen LogP contribution is 2.30. The number of fused-ring (bicyclic) bond motifs is 1. The van der Waals surface area contributed by atoms with E-state index in [1.807, 2.05) is 56.3 Å². The summed E-state index contributed by atoms with van der Waals surface area (Å²) in [5.41, 5.74) is 6.71. The predicted octanol–water partition coefficient (Wildman–Crippen LogP) is 3.94. The molecule has 7 nitrogen and oxygen atoms in total. The SMILES string of the molecule is Cc1cccnc1NC(=O)c1oc2c(c1C)/C(=N/NC(=O)Cc1ccccc1)CCC2. The van der Waals surface area contributed by atoms with E-state index in [2.05, 4.69) is 20.8 Å². The molecule has 0 atom stereocenters. The van der Waals surface area contributed by atoms with E-state index in [0.717, 1.165) is 46.6 Å². The van der Waals surface area contributed by atoms with E-state index in [4.69, 9.17) is 4.42 Å². The van der Waals surface area contributed by atoms with Gasteiger partial charge in [0.25, 0.3) is 5.91 Å². The highest BCUT2D eigenvalue weighted by atomic mass is 16.4. The number of rotatable bonds is 5. The van der Waals surface area contributed by atoms with E-state index >= 15 is 0 Å². The number of benzene rings is 1. The number of pyridine rings is 1. The molecule has 0 spiro atoms. The van der Waals surface area contributed by atoms with Crippen LogP contribution < -0.4 is 10.7 Å². The fourth-order valence-corrected chi connectivity index (χ4v) is 3.73. The summed E-state index contributed by atoms with van der Waals surface area (Å²) in [6, 6.07) is 13.2. The Kier molecular flexibility index (Phi) is 5.93. The van der Waals surface area contributed by atoms with Crippen molar-refractivity contribution in [3.8, 4) is 0 Å². The summed E-state index contributed by atoms with van der Waals surface area (Å²) in [7, 11) is 0. The van der Waals surface area contributed by atoms with Crippen LogP contribution in [-0.4, -0.2) is 22.5 Å². The Morgan fingerprint density at radius 3 is 2.68 bits per heavy atom. The molecule has 0 aliphatic heterocycles. The van der Waals surface area contributed by atoms with Gasteiger partial charge in [-0.15, -0.1) is 0 Å². The van der Waals surface area contributed by atoms with Crippen molar-refractivity contribution in [1.82, 2.24) is 10.4 Å². The van der Waals surface area contributed by atoms with E-state index in [1.165, 1.54) is 0 Å². The number of carbonyl (C=O) groups excluding carboxylic acids is 2. The van der Waals surface area contributed by atoms with Gasteiger partial charge in [-0.25, -0.2) is 10.4 Å². The van der Waals surface area contributed by atoms with Crippen molar-refractivity contribution in [2.24, 2.45) is 5.10 Å². The fourth-order valence-electron chi connectivity index (χ4n) is 3.73. The second-order valence-electron chi connectivity index (χ2n) is 7.59. The Bertz CT molecular complexity index is 1150. The maximum Gasteiger partial charge on any atom is 0.292 e. The third-order valence-electron chi connectivity index (χ3n) is 5.30. The van der Waals surface area contributed by atoms with Crippen molar-refractivity contribution in [2.75, 3.05) is 5.32 Å². The molecule has 31 heavy (non-hydrogen) atoms. The zero-order chi connectivity index (χ0) is 21.8. The summed E-state index contributed by atoms with van der Waals surface area (Å²) in [5.74, 6) is 0.947. The average molecular weight is 416 g/mol. The first kappa shape index (κ1) is 20.5. The molecule has 0 radical (unpaired) electrons. The van der Waals surface area contributed by atoms with E-state index < -0.39 is 0 Å². The largest absolute Gasteiger partial charge is 0.455 e. The normalized spacial score (nSPS) is 14.2. The molecule has 0 unspecified atom stereocenters. The van der Waals surface area contributed by atoms with Crippen LogP contribution in [0.3, 0.4) is 0 Å². The molecule has 158 valence electrons. The summed E-state index contributed by atoms with van der Waals surface area (Å²) >= 11 is 0. The Balaban J connectivity index is 1.52. The molecule has 1 aliphatic carbocycles. The van der Waals surface area contributed by atoms with E-state index in [0.29, 0.717) is 12.2 Å². The van der Waals surface area contributed by atoms with Crippen LogP contribution in [0, 0.1) is 13.8 Å². The Morgan fingerprint density at radius 1 is 1.10 bits per heavy atom. The molecule has 3 aromatic rings. The lowest BCUT2D eigenvalue weighted by Crippen LogP contribution is -2.23. The quantitative estimate of drug-likeness (QED) is 0.616. The number of hydrogen-bond donors (Lipinski definition) is 2. The summed E-state index contributed by atoms with van der Waals surface area (Å²) in [4.78, 5) is 29.3. The highest BCUT2D eigenvalue weighted by Gasteiger charge is 2.28. The fraction of sp³-hybridized carbons (Fsp3) is 0.250. The van der Waals surface area contributed by atoms with Crippen molar-refractivity contribution in [1.29, 1.82) is 0 Å². The van der Waals surface area contributed by atoms with Crippen molar-refractivity contribution < 1.29 is 14.0 Å². The standard InChI is InChI=1S/C24H24N4O3/c1-15-8-7-13-25-23(15)26-24(30)22-16(2)21-18(11-6-12-19(21)31-22)27-28-20(29)14-17-9-4-3-5-10-17/h3-5,7-10,13H,6,11-12,14H2,1-2H3,(H,28,29)(H,25,26,30)/b27-18+. The number of anilines is 1. The number of amides is 2. The number of aromatic nitrogens is 1. The highest BCUT2D eigenvalue weighted by molar-refractivity contribution is 6.09. The summed E-state index contributed by atoms with van der Waals surface area (Å²) in [5, 5.41) is 7.18. The third kappa shape index (κ3) is 4.55. The first-order valence-electron chi connectivity index (χ1n) is 10.3. The lowest BCUT2D eigenvalue weighted by Gasteiger charge is -2.13.